The first-order valence-electron chi connectivity index (χ1n) is 13.4. The minimum absolute atomic E-state index is 0.0372. The number of benzene rings is 2. The number of rotatable bonds is 9. The molecule has 1 N–H and O–H groups in total. The number of carbonyl (C=O) groups excluding carboxylic acids is 2. The van der Waals surface area contributed by atoms with E-state index >= 15 is 0 Å². The van der Waals surface area contributed by atoms with Crippen LogP contribution in [0, 0.1) is 17.5 Å². The maximum Gasteiger partial charge on any atom is 0.435 e. The van der Waals surface area contributed by atoms with Crippen LogP contribution in [0.4, 0.5) is 26.3 Å². The van der Waals surface area contributed by atoms with Crippen molar-refractivity contribution in [3.63, 3.8) is 0 Å². The summed E-state index contributed by atoms with van der Waals surface area (Å²) in [5, 5.41) is 13.9. The molecule has 0 saturated carbocycles. The zero-order valence-corrected chi connectivity index (χ0v) is 22.8. The van der Waals surface area contributed by atoms with Gasteiger partial charge in [0.2, 0.25) is 0 Å². The summed E-state index contributed by atoms with van der Waals surface area (Å²) >= 11 is 0. The van der Waals surface area contributed by atoms with E-state index < -0.39 is 59.5 Å². The van der Waals surface area contributed by atoms with Gasteiger partial charge in [0, 0.05) is 35.7 Å². The average molecular weight is 602 g/mol. The summed E-state index contributed by atoms with van der Waals surface area (Å²) in [6, 6.07) is 10.00. The van der Waals surface area contributed by atoms with Crippen molar-refractivity contribution < 1.29 is 41.0 Å². The van der Waals surface area contributed by atoms with Gasteiger partial charge >= 0.3 is 6.18 Å². The molecule has 1 aliphatic carbocycles. The van der Waals surface area contributed by atoms with Crippen molar-refractivity contribution in [2.45, 2.75) is 57.3 Å². The number of Topliss-reactive ketones (excluding diaryl/α,β-unsaturated/α-hetero) is 2. The number of aliphatic hydroxyl groups is 1. The Labute approximate surface area is 242 Å². The summed E-state index contributed by atoms with van der Waals surface area (Å²) in [5.41, 5.74) is -0.208. The number of carbonyl (C=O) groups is 2. The Morgan fingerprint density at radius 3 is 2.47 bits per heavy atom. The maximum absolute atomic E-state index is 14.3. The van der Waals surface area contributed by atoms with Crippen molar-refractivity contribution in [1.29, 1.82) is 0 Å². The second-order valence-electron chi connectivity index (χ2n) is 10.5. The predicted octanol–water partition coefficient (Wildman–Crippen LogP) is 6.55. The highest BCUT2D eigenvalue weighted by molar-refractivity contribution is 5.95. The smallest absolute Gasteiger partial charge is 0.387 e. The highest BCUT2D eigenvalue weighted by atomic mass is 19.4. The number of fused-ring (bicyclic) bond motifs is 1. The normalized spacial score (nSPS) is 15.4. The lowest BCUT2D eigenvalue weighted by Gasteiger charge is -2.20. The molecule has 2 aromatic carbocycles. The standard InChI is InChI=1S/C31H25F6N3O3/c1-16(41)25-13-18(4-6-26(25)34)23-3-2-8-38-28(23)19(9-17-10-20(32)14-21(33)11-17)12-22(42)15-40-29-24(5-7-27(29)43)30(39-40)31(35,36)37/h2-4,6,8,10-11,13-14,19,27,43H,5,7,9,12,15H2,1H3/t19-,27?/m1/s1. The molecule has 2 aromatic heterocycles. The molecular weight excluding hydrogens is 576 g/mol. The molecule has 1 aliphatic rings. The highest BCUT2D eigenvalue weighted by Crippen LogP contribution is 2.40. The van der Waals surface area contributed by atoms with Gasteiger partial charge in [-0.25, -0.2) is 13.2 Å². The molecule has 0 spiro atoms. The van der Waals surface area contributed by atoms with E-state index in [1.807, 2.05) is 0 Å². The summed E-state index contributed by atoms with van der Waals surface area (Å²) in [7, 11) is 0. The number of hydrogen-bond acceptors (Lipinski definition) is 5. The van der Waals surface area contributed by atoms with Gasteiger partial charge in [0.1, 0.15) is 17.5 Å². The van der Waals surface area contributed by atoms with Crippen molar-refractivity contribution in [1.82, 2.24) is 14.8 Å². The summed E-state index contributed by atoms with van der Waals surface area (Å²) in [4.78, 5) is 29.9. The fourth-order valence-corrected chi connectivity index (χ4v) is 5.63. The second-order valence-corrected chi connectivity index (χ2v) is 10.5. The van der Waals surface area contributed by atoms with Crippen LogP contribution in [0.15, 0.2) is 54.7 Å². The third-order valence-electron chi connectivity index (χ3n) is 7.43. The lowest BCUT2D eigenvalue weighted by Crippen LogP contribution is -2.20. The SMILES string of the molecule is CC(=O)c1cc(-c2cccnc2[C@@H](CC(=O)Cn2nc(C(F)(F)F)c3c2C(O)CC3)Cc2cc(F)cc(F)c2)ccc1F. The first kappa shape index (κ1) is 30.1. The third kappa shape index (κ3) is 6.38. The topological polar surface area (TPSA) is 85.1 Å². The first-order chi connectivity index (χ1) is 20.3. The van der Waals surface area contributed by atoms with Gasteiger partial charge in [0.15, 0.2) is 17.3 Å². The minimum Gasteiger partial charge on any atom is -0.387 e. The number of pyridine rings is 1. The van der Waals surface area contributed by atoms with E-state index in [1.165, 1.54) is 25.3 Å². The second kappa shape index (κ2) is 11.8. The zero-order chi connectivity index (χ0) is 31.1. The van der Waals surface area contributed by atoms with Crippen molar-refractivity contribution in [2.24, 2.45) is 0 Å². The quantitative estimate of drug-likeness (QED) is 0.174. The molecule has 0 radical (unpaired) electrons. The van der Waals surface area contributed by atoms with Gasteiger partial charge in [0.05, 0.1) is 29.6 Å². The van der Waals surface area contributed by atoms with Crippen LogP contribution in [0.2, 0.25) is 0 Å². The van der Waals surface area contributed by atoms with Crippen LogP contribution in [-0.2, 0) is 30.4 Å². The van der Waals surface area contributed by atoms with Gasteiger partial charge in [-0.2, -0.15) is 18.3 Å². The van der Waals surface area contributed by atoms with E-state index in [4.69, 9.17) is 0 Å². The monoisotopic (exact) mass is 601 g/mol. The molecule has 43 heavy (non-hydrogen) atoms. The Bertz CT molecular complexity index is 1700. The fourth-order valence-electron chi connectivity index (χ4n) is 5.63. The number of halogens is 6. The highest BCUT2D eigenvalue weighted by Gasteiger charge is 2.42. The zero-order valence-electron chi connectivity index (χ0n) is 22.8. The van der Waals surface area contributed by atoms with Gasteiger partial charge in [-0.1, -0.05) is 12.1 Å². The molecule has 1 unspecified atom stereocenters. The minimum atomic E-state index is -4.77. The molecule has 6 nitrogen and oxygen atoms in total. The maximum atomic E-state index is 14.3. The molecule has 2 heterocycles. The molecule has 0 saturated heterocycles. The largest absolute Gasteiger partial charge is 0.435 e. The van der Waals surface area contributed by atoms with Crippen LogP contribution in [0.5, 0.6) is 0 Å². The third-order valence-corrected chi connectivity index (χ3v) is 7.43. The Morgan fingerprint density at radius 1 is 1.07 bits per heavy atom. The van der Waals surface area contributed by atoms with Gasteiger partial charge < -0.3 is 5.11 Å². The van der Waals surface area contributed by atoms with Crippen molar-refractivity contribution in [2.75, 3.05) is 0 Å². The molecular formula is C31H25F6N3O3. The van der Waals surface area contributed by atoms with Crippen LogP contribution in [-0.4, -0.2) is 31.4 Å². The first-order valence-corrected chi connectivity index (χ1v) is 13.4. The summed E-state index contributed by atoms with van der Waals surface area (Å²) in [5.74, 6) is -4.33. The molecule has 224 valence electrons. The Kier molecular flexibility index (Phi) is 8.24. The number of nitrogens with zero attached hydrogens (tertiary/aromatic N) is 3. The Morgan fingerprint density at radius 2 is 1.79 bits per heavy atom. The predicted molar refractivity (Wildman–Crippen MR) is 143 cm³/mol. The molecule has 0 aliphatic heterocycles. The van der Waals surface area contributed by atoms with E-state index in [-0.39, 0.29) is 48.1 Å². The Hall–Kier alpha value is -4.32. The van der Waals surface area contributed by atoms with Crippen molar-refractivity contribution >= 4 is 11.6 Å². The van der Waals surface area contributed by atoms with Crippen LogP contribution >= 0.6 is 0 Å². The molecule has 0 amide bonds. The molecule has 5 rings (SSSR count). The van der Waals surface area contributed by atoms with Crippen molar-refractivity contribution in [3.8, 4) is 11.1 Å². The summed E-state index contributed by atoms with van der Waals surface area (Å²) < 4.78 is 84.2. The average Bonchev–Trinajstić information content (AvgIpc) is 3.48. The summed E-state index contributed by atoms with van der Waals surface area (Å²) in [6.07, 6.45) is -4.94. The molecule has 12 heteroatoms. The van der Waals surface area contributed by atoms with Crippen LogP contribution in [0.3, 0.4) is 0 Å². The van der Waals surface area contributed by atoms with Gasteiger partial charge in [-0.3, -0.25) is 19.3 Å². The lowest BCUT2D eigenvalue weighted by molar-refractivity contribution is -0.142. The van der Waals surface area contributed by atoms with Gasteiger partial charge in [0.25, 0.3) is 0 Å². The molecule has 4 aromatic rings. The Balaban J connectivity index is 1.53. The molecule has 2 atom stereocenters. The van der Waals surface area contributed by atoms with E-state index in [0.29, 0.717) is 22.9 Å². The van der Waals surface area contributed by atoms with Crippen molar-refractivity contribution in [3.05, 3.63) is 106 Å². The van der Waals surface area contributed by atoms with Crippen LogP contribution < -0.4 is 0 Å². The number of aliphatic hydroxyl groups excluding tert-OH is 1. The van der Waals surface area contributed by atoms with E-state index in [1.54, 1.807) is 12.1 Å². The number of alkyl halides is 3. The van der Waals surface area contributed by atoms with E-state index in [9.17, 15) is 41.0 Å². The van der Waals surface area contributed by atoms with Gasteiger partial charge in [-0.15, -0.1) is 0 Å². The van der Waals surface area contributed by atoms with E-state index in [0.717, 1.165) is 22.9 Å². The number of hydrogen-bond donors (Lipinski definition) is 1. The molecule has 0 fully saturated rings. The van der Waals surface area contributed by atoms with Gasteiger partial charge in [-0.05, 0) is 67.6 Å². The number of aromatic nitrogens is 3. The lowest BCUT2D eigenvalue weighted by atomic mass is 9.86. The summed E-state index contributed by atoms with van der Waals surface area (Å²) in [6.45, 7) is 0.621. The van der Waals surface area contributed by atoms with Crippen LogP contribution in [0.25, 0.3) is 11.1 Å². The fraction of sp³-hybridized carbons (Fsp3) is 0.290. The van der Waals surface area contributed by atoms with Crippen LogP contribution in [0.1, 0.15) is 70.4 Å². The molecule has 0 bridgehead atoms. The number of ketones is 2. The van der Waals surface area contributed by atoms with E-state index in [2.05, 4.69) is 10.1 Å².